The lowest BCUT2D eigenvalue weighted by molar-refractivity contribution is -0.388. The molecule has 0 spiro atoms. The van der Waals surface area contributed by atoms with Crippen LogP contribution in [0.2, 0.25) is 0 Å². The van der Waals surface area contributed by atoms with Gasteiger partial charge in [-0.3, -0.25) is 10.1 Å². The summed E-state index contributed by atoms with van der Waals surface area (Å²) in [6, 6.07) is 2.33. The highest BCUT2D eigenvalue weighted by atomic mass is 35.5. The molecule has 1 aromatic heterocycles. The molecule has 1 fully saturated rings. The van der Waals surface area contributed by atoms with Gasteiger partial charge in [-0.25, -0.2) is 13.4 Å². The summed E-state index contributed by atoms with van der Waals surface area (Å²) in [6.07, 6.45) is 2.60. The average Bonchev–Trinajstić information content (AvgIpc) is 2.47. The van der Waals surface area contributed by atoms with Gasteiger partial charge in [0, 0.05) is 25.4 Å². The number of piperidine rings is 1. The number of nitrogens with zero attached hydrogens (tertiary/aromatic N) is 3. The minimum absolute atomic E-state index is 0. The van der Waals surface area contributed by atoms with Crippen LogP contribution in [-0.2, 0) is 10.0 Å². The van der Waals surface area contributed by atoms with E-state index in [9.17, 15) is 18.5 Å². The van der Waals surface area contributed by atoms with Crippen molar-refractivity contribution in [1.82, 2.24) is 14.6 Å². The number of nitro groups is 1. The Morgan fingerprint density at radius 2 is 2.05 bits per heavy atom. The van der Waals surface area contributed by atoms with Gasteiger partial charge in [0.2, 0.25) is 5.03 Å². The molecule has 0 bridgehead atoms. The lowest BCUT2D eigenvalue weighted by Gasteiger charge is -2.30. The number of halogens is 1. The van der Waals surface area contributed by atoms with E-state index in [0.717, 1.165) is 19.2 Å². The van der Waals surface area contributed by atoms with Crippen LogP contribution in [0, 0.1) is 10.1 Å². The first kappa shape index (κ1) is 17.8. The fourth-order valence-corrected chi connectivity index (χ4v) is 3.70. The maximum absolute atomic E-state index is 12.5. The van der Waals surface area contributed by atoms with Crippen LogP contribution in [0.1, 0.15) is 12.8 Å². The lowest BCUT2D eigenvalue weighted by Crippen LogP contribution is -2.44. The molecule has 1 N–H and O–H groups in total. The van der Waals surface area contributed by atoms with Crippen LogP contribution < -0.4 is 5.32 Å². The highest BCUT2D eigenvalue weighted by Crippen LogP contribution is 2.26. The number of hydrogen-bond acceptors (Lipinski definition) is 6. The van der Waals surface area contributed by atoms with Crippen molar-refractivity contribution >= 4 is 28.1 Å². The van der Waals surface area contributed by atoms with E-state index in [1.54, 1.807) is 0 Å². The van der Waals surface area contributed by atoms with E-state index >= 15 is 0 Å². The van der Waals surface area contributed by atoms with E-state index in [-0.39, 0.29) is 18.4 Å². The van der Waals surface area contributed by atoms with Crippen LogP contribution in [0.25, 0.3) is 0 Å². The average molecular weight is 337 g/mol. The van der Waals surface area contributed by atoms with Crippen LogP contribution >= 0.6 is 12.4 Å². The SMILES string of the molecule is CN(C1CCNCC1)S(=O)(=O)c1ncccc1[N+](=O)[O-].Cl. The normalized spacial score (nSPS) is 16.5. The van der Waals surface area contributed by atoms with E-state index in [2.05, 4.69) is 10.3 Å². The summed E-state index contributed by atoms with van der Waals surface area (Å²) in [5.74, 6) is 0. The van der Waals surface area contributed by atoms with Crippen molar-refractivity contribution in [1.29, 1.82) is 0 Å². The quantitative estimate of drug-likeness (QED) is 0.643. The largest absolute Gasteiger partial charge is 0.317 e. The van der Waals surface area contributed by atoms with Crippen molar-refractivity contribution in [3.8, 4) is 0 Å². The molecule has 0 aliphatic carbocycles. The maximum Gasteiger partial charge on any atom is 0.308 e. The number of hydrogen-bond donors (Lipinski definition) is 1. The topological polar surface area (TPSA) is 105 Å². The lowest BCUT2D eigenvalue weighted by atomic mass is 10.1. The van der Waals surface area contributed by atoms with Crippen molar-refractivity contribution in [3.05, 3.63) is 28.4 Å². The Morgan fingerprint density at radius 3 is 2.62 bits per heavy atom. The molecule has 118 valence electrons. The molecule has 1 aliphatic rings. The van der Waals surface area contributed by atoms with E-state index in [4.69, 9.17) is 0 Å². The monoisotopic (exact) mass is 336 g/mol. The Morgan fingerprint density at radius 1 is 1.43 bits per heavy atom. The van der Waals surface area contributed by atoms with Gasteiger partial charge in [0.1, 0.15) is 0 Å². The van der Waals surface area contributed by atoms with E-state index < -0.39 is 25.7 Å². The zero-order chi connectivity index (χ0) is 14.8. The molecule has 1 aliphatic heterocycles. The number of pyridine rings is 1. The fraction of sp³-hybridized carbons (Fsp3) is 0.545. The van der Waals surface area contributed by atoms with Gasteiger partial charge in [-0.15, -0.1) is 12.4 Å². The molecule has 21 heavy (non-hydrogen) atoms. The second-order valence-electron chi connectivity index (χ2n) is 4.59. The minimum atomic E-state index is -3.96. The summed E-state index contributed by atoms with van der Waals surface area (Å²) in [5.41, 5.74) is -0.492. The predicted octanol–water partition coefficient (Wildman–Crippen LogP) is 0.784. The highest BCUT2D eigenvalue weighted by molar-refractivity contribution is 7.89. The molecule has 2 rings (SSSR count). The third kappa shape index (κ3) is 3.67. The van der Waals surface area contributed by atoms with Gasteiger partial charge < -0.3 is 5.32 Å². The van der Waals surface area contributed by atoms with Gasteiger partial charge >= 0.3 is 5.69 Å². The molecular weight excluding hydrogens is 320 g/mol. The summed E-state index contributed by atoms with van der Waals surface area (Å²) >= 11 is 0. The van der Waals surface area contributed by atoms with Crippen LogP contribution in [0.15, 0.2) is 23.4 Å². The summed E-state index contributed by atoms with van der Waals surface area (Å²) in [7, 11) is -2.51. The zero-order valence-electron chi connectivity index (χ0n) is 11.4. The van der Waals surface area contributed by atoms with Gasteiger partial charge in [-0.2, -0.15) is 4.31 Å². The first-order valence-corrected chi connectivity index (χ1v) is 7.67. The van der Waals surface area contributed by atoms with Gasteiger partial charge in [-0.1, -0.05) is 0 Å². The van der Waals surface area contributed by atoms with Crippen molar-refractivity contribution in [3.63, 3.8) is 0 Å². The van der Waals surface area contributed by atoms with Gasteiger partial charge in [0.25, 0.3) is 10.0 Å². The summed E-state index contributed by atoms with van der Waals surface area (Å²) < 4.78 is 26.2. The van der Waals surface area contributed by atoms with Crippen LogP contribution in [-0.4, -0.2) is 48.8 Å². The Balaban J connectivity index is 0.00000220. The molecule has 0 saturated carbocycles. The van der Waals surface area contributed by atoms with Crippen molar-refractivity contribution < 1.29 is 13.3 Å². The van der Waals surface area contributed by atoms with Crippen molar-refractivity contribution in [2.45, 2.75) is 23.9 Å². The molecule has 2 heterocycles. The highest BCUT2D eigenvalue weighted by Gasteiger charge is 2.35. The van der Waals surface area contributed by atoms with Gasteiger partial charge in [0.15, 0.2) is 0 Å². The van der Waals surface area contributed by atoms with Gasteiger partial charge in [-0.05, 0) is 32.0 Å². The first-order valence-electron chi connectivity index (χ1n) is 6.22. The minimum Gasteiger partial charge on any atom is -0.317 e. The third-order valence-electron chi connectivity index (χ3n) is 3.39. The second-order valence-corrected chi connectivity index (χ2v) is 6.50. The number of rotatable bonds is 4. The zero-order valence-corrected chi connectivity index (χ0v) is 13.1. The molecule has 0 amide bonds. The standard InChI is InChI=1S/C11H16N4O4S.ClH/c1-14(9-4-7-12-8-5-9)20(18,19)11-10(15(16)17)3-2-6-13-11;/h2-3,6,9,12H,4-5,7-8H2,1H3;1H. The smallest absolute Gasteiger partial charge is 0.308 e. The number of sulfonamides is 1. The number of aromatic nitrogens is 1. The Kier molecular flexibility index (Phi) is 6.02. The first-order chi connectivity index (χ1) is 9.44. The molecule has 0 aromatic carbocycles. The molecule has 0 radical (unpaired) electrons. The van der Waals surface area contributed by atoms with E-state index in [0.29, 0.717) is 12.8 Å². The summed E-state index contributed by atoms with van der Waals surface area (Å²) in [5, 5.41) is 13.6. The van der Waals surface area contributed by atoms with Crippen molar-refractivity contribution in [2.75, 3.05) is 20.1 Å². The van der Waals surface area contributed by atoms with Crippen molar-refractivity contribution in [2.24, 2.45) is 0 Å². The van der Waals surface area contributed by atoms with E-state index in [1.807, 2.05) is 0 Å². The second kappa shape index (κ2) is 7.12. The Labute approximate surface area is 129 Å². The summed E-state index contributed by atoms with van der Waals surface area (Å²) in [6.45, 7) is 1.46. The molecule has 10 heteroatoms. The Hall–Kier alpha value is -1.29. The number of nitrogens with one attached hydrogen (secondary N) is 1. The van der Waals surface area contributed by atoms with Crippen LogP contribution in [0.5, 0.6) is 0 Å². The van der Waals surface area contributed by atoms with E-state index in [1.165, 1.54) is 23.6 Å². The molecule has 8 nitrogen and oxygen atoms in total. The maximum atomic E-state index is 12.5. The fourth-order valence-electron chi connectivity index (χ4n) is 2.22. The molecule has 1 aromatic rings. The molecule has 1 saturated heterocycles. The van der Waals surface area contributed by atoms with Gasteiger partial charge in [0.05, 0.1) is 4.92 Å². The third-order valence-corrected chi connectivity index (χ3v) is 5.25. The molecular formula is C11H17ClN4O4S. The van der Waals surface area contributed by atoms with Crippen LogP contribution in [0.4, 0.5) is 5.69 Å². The molecule has 0 unspecified atom stereocenters. The van der Waals surface area contributed by atoms with Crippen LogP contribution in [0.3, 0.4) is 0 Å². The Bertz CT molecular complexity index is 604. The summed E-state index contributed by atoms with van der Waals surface area (Å²) in [4.78, 5) is 13.9. The molecule has 0 atom stereocenters. The predicted molar refractivity (Wildman–Crippen MR) is 79.0 cm³/mol.